The molecule has 2 saturated heterocycles. The van der Waals surface area contributed by atoms with Crippen molar-refractivity contribution in [3.05, 3.63) is 35.9 Å². The Bertz CT molecular complexity index is 748. The van der Waals surface area contributed by atoms with Crippen LogP contribution in [0.5, 0.6) is 0 Å². The molecule has 3 unspecified atom stereocenters. The van der Waals surface area contributed by atoms with E-state index in [0.29, 0.717) is 13.0 Å². The van der Waals surface area contributed by atoms with Gasteiger partial charge in [0.2, 0.25) is 11.8 Å². The number of sulfone groups is 1. The van der Waals surface area contributed by atoms with Gasteiger partial charge in [-0.25, -0.2) is 8.42 Å². The molecule has 1 N–H and O–H groups in total. The molecule has 3 rings (SSSR count). The lowest BCUT2D eigenvalue weighted by atomic mass is 10.0. The number of amides is 2. The molecule has 1 aromatic rings. The predicted molar refractivity (Wildman–Crippen MR) is 94.5 cm³/mol. The number of rotatable bonds is 5. The van der Waals surface area contributed by atoms with Crippen molar-refractivity contribution < 1.29 is 18.0 Å². The molecule has 0 aromatic heterocycles. The fourth-order valence-corrected chi connectivity index (χ4v) is 5.41. The van der Waals surface area contributed by atoms with Gasteiger partial charge in [0.15, 0.2) is 9.84 Å². The van der Waals surface area contributed by atoms with E-state index in [9.17, 15) is 18.0 Å². The molecule has 0 spiro atoms. The molecule has 0 bridgehead atoms. The van der Waals surface area contributed by atoms with Gasteiger partial charge in [-0.1, -0.05) is 37.3 Å². The minimum absolute atomic E-state index is 0.0225. The molecule has 0 saturated carbocycles. The van der Waals surface area contributed by atoms with Crippen LogP contribution >= 0.6 is 0 Å². The second-order valence-corrected chi connectivity index (χ2v) is 9.11. The molecular formula is C18H24N2O4S. The zero-order valence-corrected chi connectivity index (χ0v) is 15.2. The molecular weight excluding hydrogens is 340 g/mol. The molecule has 136 valence electrons. The lowest BCUT2D eigenvalue weighted by Crippen LogP contribution is -2.39. The average molecular weight is 364 g/mol. The highest BCUT2D eigenvalue weighted by molar-refractivity contribution is 7.91. The largest absolute Gasteiger partial charge is 0.349 e. The summed E-state index contributed by atoms with van der Waals surface area (Å²) in [5, 5.41) is 3.04. The Balaban J connectivity index is 1.63. The lowest BCUT2D eigenvalue weighted by molar-refractivity contribution is -0.130. The van der Waals surface area contributed by atoms with E-state index in [1.807, 2.05) is 37.3 Å². The van der Waals surface area contributed by atoms with Crippen molar-refractivity contribution in [2.75, 3.05) is 18.1 Å². The van der Waals surface area contributed by atoms with Crippen molar-refractivity contribution in [1.82, 2.24) is 10.2 Å². The van der Waals surface area contributed by atoms with Gasteiger partial charge in [-0.15, -0.1) is 0 Å². The second kappa shape index (κ2) is 7.15. The summed E-state index contributed by atoms with van der Waals surface area (Å²) >= 11 is 0. The van der Waals surface area contributed by atoms with Gasteiger partial charge in [-0.3, -0.25) is 9.59 Å². The van der Waals surface area contributed by atoms with Crippen LogP contribution in [-0.4, -0.2) is 49.2 Å². The van der Waals surface area contributed by atoms with Crippen LogP contribution < -0.4 is 5.32 Å². The van der Waals surface area contributed by atoms with E-state index in [4.69, 9.17) is 0 Å². The van der Waals surface area contributed by atoms with Crippen LogP contribution in [0, 0.1) is 5.92 Å². The van der Waals surface area contributed by atoms with Crippen molar-refractivity contribution in [3.8, 4) is 0 Å². The highest BCUT2D eigenvalue weighted by Crippen LogP contribution is 2.27. The van der Waals surface area contributed by atoms with E-state index in [0.717, 1.165) is 12.0 Å². The van der Waals surface area contributed by atoms with Crippen molar-refractivity contribution >= 4 is 21.7 Å². The SMILES string of the molecule is CCC(NC(=O)C1CC(=O)N(C2CCS(=O)(=O)C2)C1)c1ccccc1. The first-order chi connectivity index (χ1) is 11.9. The highest BCUT2D eigenvalue weighted by atomic mass is 32.2. The fraction of sp³-hybridized carbons (Fsp3) is 0.556. The summed E-state index contributed by atoms with van der Waals surface area (Å²) in [5.41, 5.74) is 1.04. The van der Waals surface area contributed by atoms with E-state index >= 15 is 0 Å². The number of likely N-dealkylation sites (tertiary alicyclic amines) is 1. The molecule has 2 heterocycles. The molecule has 0 radical (unpaired) electrons. The highest BCUT2D eigenvalue weighted by Gasteiger charge is 2.42. The minimum Gasteiger partial charge on any atom is -0.349 e. The molecule has 7 heteroatoms. The van der Waals surface area contributed by atoms with Crippen LogP contribution in [0.2, 0.25) is 0 Å². The zero-order valence-electron chi connectivity index (χ0n) is 14.3. The summed E-state index contributed by atoms with van der Waals surface area (Å²) in [6.07, 6.45) is 1.40. The van der Waals surface area contributed by atoms with Gasteiger partial charge in [0, 0.05) is 19.0 Å². The molecule has 2 aliphatic heterocycles. The molecule has 3 atom stereocenters. The Labute approximate surface area is 148 Å². The van der Waals surface area contributed by atoms with Gasteiger partial charge in [-0.05, 0) is 18.4 Å². The second-order valence-electron chi connectivity index (χ2n) is 6.88. The summed E-state index contributed by atoms with van der Waals surface area (Å²) in [4.78, 5) is 26.5. The van der Waals surface area contributed by atoms with E-state index in [2.05, 4.69) is 5.32 Å². The van der Waals surface area contributed by atoms with Crippen LogP contribution in [-0.2, 0) is 19.4 Å². The first kappa shape index (κ1) is 17.9. The first-order valence-corrected chi connectivity index (χ1v) is 10.6. The first-order valence-electron chi connectivity index (χ1n) is 8.75. The minimum atomic E-state index is -3.05. The predicted octanol–water partition coefficient (Wildman–Crippen LogP) is 1.29. The Morgan fingerprint density at radius 3 is 2.64 bits per heavy atom. The van der Waals surface area contributed by atoms with Gasteiger partial charge in [0.25, 0.3) is 0 Å². The van der Waals surface area contributed by atoms with Crippen LogP contribution in [0.3, 0.4) is 0 Å². The monoisotopic (exact) mass is 364 g/mol. The number of carbonyl (C=O) groups is 2. The summed E-state index contributed by atoms with van der Waals surface area (Å²) in [7, 11) is -3.05. The maximum absolute atomic E-state index is 12.6. The third-order valence-electron chi connectivity index (χ3n) is 5.11. The van der Waals surface area contributed by atoms with Crippen molar-refractivity contribution in [2.45, 2.75) is 38.3 Å². The van der Waals surface area contributed by atoms with Crippen molar-refractivity contribution in [2.24, 2.45) is 5.92 Å². The van der Waals surface area contributed by atoms with Gasteiger partial charge in [-0.2, -0.15) is 0 Å². The third-order valence-corrected chi connectivity index (χ3v) is 6.86. The average Bonchev–Trinajstić information content (AvgIpc) is 3.15. The number of hydrogen-bond acceptors (Lipinski definition) is 4. The molecule has 2 aliphatic rings. The summed E-state index contributed by atoms with van der Waals surface area (Å²) in [5.74, 6) is -0.505. The molecule has 1 aromatic carbocycles. The van der Waals surface area contributed by atoms with Gasteiger partial charge < -0.3 is 10.2 Å². The standard InChI is InChI=1S/C18H24N2O4S/c1-2-16(13-6-4-3-5-7-13)19-18(22)14-10-17(21)20(11-14)15-8-9-25(23,24)12-15/h3-7,14-16H,2,8-12H2,1H3,(H,19,22). The molecule has 2 amide bonds. The van der Waals surface area contributed by atoms with E-state index in [-0.39, 0.29) is 41.8 Å². The van der Waals surface area contributed by atoms with Crippen LogP contribution in [0.4, 0.5) is 0 Å². The molecule has 25 heavy (non-hydrogen) atoms. The maximum Gasteiger partial charge on any atom is 0.225 e. The Morgan fingerprint density at radius 2 is 2.04 bits per heavy atom. The number of nitrogens with one attached hydrogen (secondary N) is 1. The molecule has 6 nitrogen and oxygen atoms in total. The lowest BCUT2D eigenvalue weighted by Gasteiger charge is -2.23. The van der Waals surface area contributed by atoms with Crippen molar-refractivity contribution in [1.29, 1.82) is 0 Å². The quantitative estimate of drug-likeness (QED) is 0.853. The third kappa shape index (κ3) is 4.03. The number of benzene rings is 1. The van der Waals surface area contributed by atoms with Gasteiger partial charge in [0.05, 0.1) is 23.5 Å². The van der Waals surface area contributed by atoms with E-state index in [1.54, 1.807) is 4.90 Å². The van der Waals surface area contributed by atoms with E-state index < -0.39 is 15.8 Å². The van der Waals surface area contributed by atoms with Crippen molar-refractivity contribution in [3.63, 3.8) is 0 Å². The number of nitrogens with zero attached hydrogens (tertiary/aromatic N) is 1. The number of carbonyl (C=O) groups excluding carboxylic acids is 2. The van der Waals surface area contributed by atoms with Crippen LogP contribution in [0.1, 0.15) is 37.8 Å². The summed E-state index contributed by atoms with van der Waals surface area (Å²) in [6.45, 7) is 2.32. The van der Waals surface area contributed by atoms with Crippen LogP contribution in [0.15, 0.2) is 30.3 Å². The summed E-state index contributed by atoms with van der Waals surface area (Å²) < 4.78 is 23.3. The van der Waals surface area contributed by atoms with Gasteiger partial charge in [0.1, 0.15) is 0 Å². The fourth-order valence-electron chi connectivity index (χ4n) is 3.68. The topological polar surface area (TPSA) is 83.6 Å². The normalized spacial score (nSPS) is 26.6. The smallest absolute Gasteiger partial charge is 0.225 e. The number of hydrogen-bond donors (Lipinski definition) is 1. The zero-order chi connectivity index (χ0) is 18.0. The Morgan fingerprint density at radius 1 is 1.32 bits per heavy atom. The summed E-state index contributed by atoms with van der Waals surface area (Å²) in [6, 6.07) is 9.41. The van der Waals surface area contributed by atoms with Gasteiger partial charge >= 0.3 is 0 Å². The Hall–Kier alpha value is -1.89. The molecule has 0 aliphatic carbocycles. The van der Waals surface area contributed by atoms with Crippen LogP contribution in [0.25, 0.3) is 0 Å². The molecule has 2 fully saturated rings. The van der Waals surface area contributed by atoms with E-state index in [1.165, 1.54) is 0 Å². The maximum atomic E-state index is 12.6. The Kier molecular flexibility index (Phi) is 5.13.